The lowest BCUT2D eigenvalue weighted by Crippen LogP contribution is -2.51. The SMILES string of the molecule is Cc1ccccc1CN(C(=O)CCc1ccccc1)C(Cc1ccccc1)C(=O)NCC(C)C. The van der Waals surface area contributed by atoms with Gasteiger partial charge in [0.1, 0.15) is 6.04 Å². The Morgan fingerprint density at radius 2 is 1.41 bits per heavy atom. The monoisotopic (exact) mass is 456 g/mol. The molecule has 4 heteroatoms. The minimum Gasteiger partial charge on any atom is -0.354 e. The van der Waals surface area contributed by atoms with Gasteiger partial charge in [-0.05, 0) is 41.5 Å². The van der Waals surface area contributed by atoms with Crippen LogP contribution in [-0.2, 0) is 29.0 Å². The fourth-order valence-electron chi connectivity index (χ4n) is 3.99. The van der Waals surface area contributed by atoms with Gasteiger partial charge in [-0.25, -0.2) is 0 Å². The average molecular weight is 457 g/mol. The van der Waals surface area contributed by atoms with Gasteiger partial charge in [0.15, 0.2) is 0 Å². The summed E-state index contributed by atoms with van der Waals surface area (Å²) in [6.07, 6.45) is 1.49. The van der Waals surface area contributed by atoms with E-state index >= 15 is 0 Å². The fraction of sp³-hybridized carbons (Fsp3) is 0.333. The van der Waals surface area contributed by atoms with Gasteiger partial charge in [-0.1, -0.05) is 98.8 Å². The first-order chi connectivity index (χ1) is 16.4. The number of nitrogens with one attached hydrogen (secondary N) is 1. The summed E-state index contributed by atoms with van der Waals surface area (Å²) in [5.41, 5.74) is 4.34. The van der Waals surface area contributed by atoms with E-state index in [1.54, 1.807) is 4.90 Å². The van der Waals surface area contributed by atoms with Gasteiger partial charge < -0.3 is 10.2 Å². The maximum Gasteiger partial charge on any atom is 0.243 e. The first kappa shape index (κ1) is 25.2. The summed E-state index contributed by atoms with van der Waals surface area (Å²) in [6.45, 7) is 7.19. The number of hydrogen-bond acceptors (Lipinski definition) is 2. The number of carbonyl (C=O) groups is 2. The highest BCUT2D eigenvalue weighted by atomic mass is 16.2. The summed E-state index contributed by atoms with van der Waals surface area (Å²) >= 11 is 0. The molecule has 1 unspecified atom stereocenters. The minimum atomic E-state index is -0.580. The van der Waals surface area contributed by atoms with E-state index in [2.05, 4.69) is 19.2 Å². The maximum absolute atomic E-state index is 13.7. The van der Waals surface area contributed by atoms with E-state index in [4.69, 9.17) is 0 Å². The number of amides is 2. The minimum absolute atomic E-state index is 0.00673. The van der Waals surface area contributed by atoms with E-state index < -0.39 is 6.04 Å². The highest BCUT2D eigenvalue weighted by Crippen LogP contribution is 2.19. The molecule has 0 aliphatic carbocycles. The van der Waals surface area contributed by atoms with Gasteiger partial charge in [-0.2, -0.15) is 0 Å². The van der Waals surface area contributed by atoms with Crippen LogP contribution in [0.15, 0.2) is 84.9 Å². The average Bonchev–Trinajstić information content (AvgIpc) is 2.85. The lowest BCUT2D eigenvalue weighted by Gasteiger charge is -2.32. The smallest absolute Gasteiger partial charge is 0.243 e. The number of benzene rings is 3. The molecule has 3 aromatic carbocycles. The van der Waals surface area contributed by atoms with Crippen LogP contribution in [0, 0.1) is 12.8 Å². The van der Waals surface area contributed by atoms with Gasteiger partial charge in [0, 0.05) is 25.9 Å². The van der Waals surface area contributed by atoms with Crippen LogP contribution in [0.1, 0.15) is 42.5 Å². The third-order valence-electron chi connectivity index (χ3n) is 6.03. The third-order valence-corrected chi connectivity index (χ3v) is 6.03. The Kier molecular flexibility index (Phi) is 9.45. The number of aryl methyl sites for hydroxylation is 2. The van der Waals surface area contributed by atoms with E-state index in [-0.39, 0.29) is 11.8 Å². The normalized spacial score (nSPS) is 11.8. The Balaban J connectivity index is 1.90. The zero-order chi connectivity index (χ0) is 24.3. The molecule has 0 saturated carbocycles. The molecule has 1 N–H and O–H groups in total. The van der Waals surface area contributed by atoms with Gasteiger partial charge in [-0.15, -0.1) is 0 Å². The van der Waals surface area contributed by atoms with Crippen molar-refractivity contribution in [2.75, 3.05) is 6.54 Å². The molecule has 0 heterocycles. The second kappa shape index (κ2) is 12.7. The highest BCUT2D eigenvalue weighted by Gasteiger charge is 2.30. The van der Waals surface area contributed by atoms with Crippen LogP contribution in [0.5, 0.6) is 0 Å². The molecule has 2 amide bonds. The molecule has 0 saturated heterocycles. The molecular formula is C30H36N2O2. The first-order valence-corrected chi connectivity index (χ1v) is 12.1. The van der Waals surface area contributed by atoms with Crippen LogP contribution in [-0.4, -0.2) is 29.3 Å². The zero-order valence-electron chi connectivity index (χ0n) is 20.5. The summed E-state index contributed by atoms with van der Waals surface area (Å²) in [4.78, 5) is 28.9. The maximum atomic E-state index is 13.7. The van der Waals surface area contributed by atoms with Crippen LogP contribution in [0.4, 0.5) is 0 Å². The molecule has 0 bridgehead atoms. The van der Waals surface area contributed by atoms with Gasteiger partial charge >= 0.3 is 0 Å². The molecule has 0 aliphatic heterocycles. The van der Waals surface area contributed by atoms with Crippen molar-refractivity contribution >= 4 is 11.8 Å². The van der Waals surface area contributed by atoms with E-state index in [9.17, 15) is 9.59 Å². The van der Waals surface area contributed by atoms with Crippen molar-refractivity contribution in [2.24, 2.45) is 5.92 Å². The van der Waals surface area contributed by atoms with E-state index in [1.807, 2.05) is 91.9 Å². The molecule has 1 atom stereocenters. The Hall–Kier alpha value is -3.40. The molecule has 0 spiro atoms. The van der Waals surface area contributed by atoms with E-state index in [1.165, 1.54) is 0 Å². The largest absolute Gasteiger partial charge is 0.354 e. The van der Waals surface area contributed by atoms with Gasteiger partial charge in [0.2, 0.25) is 11.8 Å². The highest BCUT2D eigenvalue weighted by molar-refractivity contribution is 5.88. The van der Waals surface area contributed by atoms with Crippen LogP contribution in [0.25, 0.3) is 0 Å². The quantitative estimate of drug-likeness (QED) is 0.423. The van der Waals surface area contributed by atoms with Crippen LogP contribution < -0.4 is 5.32 Å². The molecule has 0 aromatic heterocycles. The van der Waals surface area contributed by atoms with Crippen molar-refractivity contribution < 1.29 is 9.59 Å². The molecule has 3 rings (SSSR count). The standard InChI is InChI=1S/C30H36N2O2/c1-23(2)21-31-30(34)28(20-26-15-8-5-9-16-26)32(22-27-17-11-10-12-24(27)3)29(33)19-18-25-13-6-4-7-14-25/h4-17,23,28H,18-22H2,1-3H3,(H,31,34). The summed E-state index contributed by atoms with van der Waals surface area (Å²) < 4.78 is 0. The van der Waals surface area contributed by atoms with Crippen molar-refractivity contribution in [1.29, 1.82) is 0 Å². The molecule has 3 aromatic rings. The molecule has 178 valence electrons. The third kappa shape index (κ3) is 7.58. The summed E-state index contributed by atoms with van der Waals surface area (Å²) in [7, 11) is 0. The molecular weight excluding hydrogens is 420 g/mol. The first-order valence-electron chi connectivity index (χ1n) is 12.1. The van der Waals surface area contributed by atoms with Crippen LogP contribution in [0.3, 0.4) is 0 Å². The fourth-order valence-corrected chi connectivity index (χ4v) is 3.99. The second-order valence-electron chi connectivity index (χ2n) is 9.28. The van der Waals surface area contributed by atoms with Crippen LogP contribution >= 0.6 is 0 Å². The Morgan fingerprint density at radius 1 is 0.824 bits per heavy atom. The van der Waals surface area contributed by atoms with E-state index in [0.717, 1.165) is 22.3 Å². The molecule has 0 aliphatic rings. The van der Waals surface area contributed by atoms with Crippen molar-refractivity contribution in [2.45, 2.75) is 52.6 Å². The van der Waals surface area contributed by atoms with Crippen LogP contribution in [0.2, 0.25) is 0 Å². The second-order valence-corrected chi connectivity index (χ2v) is 9.28. The predicted molar refractivity (Wildman–Crippen MR) is 138 cm³/mol. The number of hydrogen-bond donors (Lipinski definition) is 1. The van der Waals surface area contributed by atoms with Crippen molar-refractivity contribution in [1.82, 2.24) is 10.2 Å². The van der Waals surface area contributed by atoms with Crippen molar-refractivity contribution in [3.8, 4) is 0 Å². The molecule has 4 nitrogen and oxygen atoms in total. The zero-order valence-corrected chi connectivity index (χ0v) is 20.5. The number of carbonyl (C=O) groups excluding carboxylic acids is 2. The van der Waals surface area contributed by atoms with Crippen molar-refractivity contribution in [3.63, 3.8) is 0 Å². The predicted octanol–water partition coefficient (Wildman–Crippen LogP) is 5.34. The number of rotatable bonds is 11. The number of nitrogens with zero attached hydrogens (tertiary/aromatic N) is 1. The molecule has 0 fully saturated rings. The summed E-state index contributed by atoms with van der Waals surface area (Å²) in [5, 5.41) is 3.08. The summed E-state index contributed by atoms with van der Waals surface area (Å²) in [5.74, 6) is 0.229. The lowest BCUT2D eigenvalue weighted by molar-refractivity contribution is -0.141. The van der Waals surface area contributed by atoms with Gasteiger partial charge in [0.05, 0.1) is 0 Å². The van der Waals surface area contributed by atoms with Gasteiger partial charge in [0.25, 0.3) is 0 Å². The molecule has 34 heavy (non-hydrogen) atoms. The lowest BCUT2D eigenvalue weighted by atomic mass is 10.00. The molecule has 0 radical (unpaired) electrons. The topological polar surface area (TPSA) is 49.4 Å². The van der Waals surface area contributed by atoms with Crippen molar-refractivity contribution in [3.05, 3.63) is 107 Å². The summed E-state index contributed by atoms with van der Waals surface area (Å²) in [6, 6.07) is 27.5. The van der Waals surface area contributed by atoms with Gasteiger partial charge in [-0.3, -0.25) is 9.59 Å². The Labute approximate surface area is 204 Å². The Bertz CT molecular complexity index is 1050. The Morgan fingerprint density at radius 3 is 2.03 bits per heavy atom. The van der Waals surface area contributed by atoms with E-state index in [0.29, 0.717) is 38.3 Å².